The molecule has 5 heteroatoms. The van der Waals surface area contributed by atoms with Crippen molar-refractivity contribution in [3.63, 3.8) is 0 Å². The van der Waals surface area contributed by atoms with Crippen molar-refractivity contribution >= 4 is 22.6 Å². The molecule has 2 N–H and O–H groups in total. The normalized spacial score (nSPS) is 10.0. The second-order valence-corrected chi connectivity index (χ2v) is 5.10. The number of hydrogen-bond donors (Lipinski definition) is 2. The molecule has 0 aliphatic rings. The molecule has 0 aliphatic carbocycles. The Morgan fingerprint density at radius 3 is 2.83 bits per heavy atom. The number of rotatable bonds is 4. The first-order valence-corrected chi connectivity index (χ1v) is 7.71. The van der Waals surface area contributed by atoms with Crippen LogP contribution in [0.3, 0.4) is 0 Å². The summed E-state index contributed by atoms with van der Waals surface area (Å²) in [5, 5.41) is 10.7. The van der Waals surface area contributed by atoms with Crippen LogP contribution < -0.4 is 10.1 Å². The molecule has 0 radical (unpaired) electrons. The van der Waals surface area contributed by atoms with Gasteiger partial charge in [0.25, 0.3) is 5.91 Å². The minimum absolute atomic E-state index is 0.205. The van der Waals surface area contributed by atoms with Crippen LogP contribution in [0.2, 0.25) is 0 Å². The van der Waals surface area contributed by atoms with Crippen LogP contribution in [-0.2, 0) is 0 Å². The number of aromatic amines is 1. The molecule has 5 nitrogen and oxygen atoms in total. The number of ether oxygens (including phenoxy) is 1. The van der Waals surface area contributed by atoms with Gasteiger partial charge in [-0.15, -0.1) is 5.92 Å². The Labute approximate surface area is 140 Å². The second-order valence-electron chi connectivity index (χ2n) is 5.10. The molecular weight excluding hydrogens is 302 g/mol. The first kappa shape index (κ1) is 15.6. The van der Waals surface area contributed by atoms with E-state index in [1.165, 1.54) is 0 Å². The molecule has 1 heterocycles. The van der Waals surface area contributed by atoms with Crippen LogP contribution in [0.4, 0.5) is 5.82 Å². The zero-order valence-corrected chi connectivity index (χ0v) is 13.3. The summed E-state index contributed by atoms with van der Waals surface area (Å²) in [5.74, 6) is 6.84. The van der Waals surface area contributed by atoms with E-state index < -0.39 is 0 Å². The quantitative estimate of drug-likeness (QED) is 0.722. The number of H-pyrrole nitrogens is 1. The van der Waals surface area contributed by atoms with E-state index in [9.17, 15) is 4.79 Å². The Morgan fingerprint density at radius 1 is 1.21 bits per heavy atom. The Bertz CT molecular complexity index is 905. The predicted molar refractivity (Wildman–Crippen MR) is 94.1 cm³/mol. The van der Waals surface area contributed by atoms with Crippen molar-refractivity contribution in [3.05, 3.63) is 54.1 Å². The van der Waals surface area contributed by atoms with E-state index in [4.69, 9.17) is 4.74 Å². The van der Waals surface area contributed by atoms with Gasteiger partial charge in [-0.1, -0.05) is 31.0 Å². The van der Waals surface area contributed by atoms with Crippen molar-refractivity contribution in [2.75, 3.05) is 11.9 Å². The second kappa shape index (κ2) is 7.34. The monoisotopic (exact) mass is 319 g/mol. The van der Waals surface area contributed by atoms with Gasteiger partial charge in [0, 0.05) is 17.4 Å². The SMILES string of the molecule is CCC#CCOc1ccc2[nH]nc(NC(=O)c3ccccc3)c2c1. The van der Waals surface area contributed by atoms with Crippen LogP contribution in [0.5, 0.6) is 5.75 Å². The maximum atomic E-state index is 12.3. The van der Waals surface area contributed by atoms with E-state index in [-0.39, 0.29) is 5.91 Å². The number of aromatic nitrogens is 2. The van der Waals surface area contributed by atoms with E-state index >= 15 is 0 Å². The van der Waals surface area contributed by atoms with Gasteiger partial charge in [-0.25, -0.2) is 0 Å². The van der Waals surface area contributed by atoms with Gasteiger partial charge in [0.2, 0.25) is 0 Å². The maximum Gasteiger partial charge on any atom is 0.256 e. The lowest BCUT2D eigenvalue weighted by molar-refractivity contribution is 0.102. The number of hydrogen-bond acceptors (Lipinski definition) is 3. The molecule has 0 bridgehead atoms. The smallest absolute Gasteiger partial charge is 0.256 e. The van der Waals surface area contributed by atoms with Crippen LogP contribution in [-0.4, -0.2) is 22.7 Å². The van der Waals surface area contributed by atoms with Crippen molar-refractivity contribution in [1.82, 2.24) is 10.2 Å². The van der Waals surface area contributed by atoms with Gasteiger partial charge in [-0.3, -0.25) is 9.89 Å². The van der Waals surface area contributed by atoms with E-state index in [0.717, 1.165) is 17.3 Å². The molecule has 0 spiro atoms. The van der Waals surface area contributed by atoms with Gasteiger partial charge in [-0.05, 0) is 30.3 Å². The van der Waals surface area contributed by atoms with Crippen LogP contribution in [0.1, 0.15) is 23.7 Å². The topological polar surface area (TPSA) is 67.0 Å². The zero-order valence-electron chi connectivity index (χ0n) is 13.3. The third-order valence-corrected chi connectivity index (χ3v) is 3.42. The Hall–Kier alpha value is -3.26. The molecule has 0 saturated carbocycles. The highest BCUT2D eigenvalue weighted by molar-refractivity contribution is 6.07. The van der Waals surface area contributed by atoms with Gasteiger partial charge in [0.1, 0.15) is 12.4 Å². The molecule has 0 atom stereocenters. The third-order valence-electron chi connectivity index (χ3n) is 3.42. The van der Waals surface area contributed by atoms with Crippen molar-refractivity contribution in [1.29, 1.82) is 0 Å². The molecule has 1 aromatic heterocycles. The number of anilines is 1. The summed E-state index contributed by atoms with van der Waals surface area (Å²) >= 11 is 0. The number of fused-ring (bicyclic) bond motifs is 1. The molecular formula is C19H17N3O2. The first-order chi connectivity index (χ1) is 11.8. The highest BCUT2D eigenvalue weighted by Crippen LogP contribution is 2.25. The third kappa shape index (κ3) is 3.55. The molecule has 24 heavy (non-hydrogen) atoms. The number of benzene rings is 2. The summed E-state index contributed by atoms with van der Waals surface area (Å²) in [5.41, 5.74) is 1.40. The number of nitrogens with one attached hydrogen (secondary N) is 2. The van der Waals surface area contributed by atoms with Crippen molar-refractivity contribution in [3.8, 4) is 17.6 Å². The van der Waals surface area contributed by atoms with E-state index in [1.54, 1.807) is 12.1 Å². The molecule has 0 unspecified atom stereocenters. The summed E-state index contributed by atoms with van der Waals surface area (Å²) in [7, 11) is 0. The Morgan fingerprint density at radius 2 is 2.04 bits per heavy atom. The van der Waals surface area contributed by atoms with Crippen LogP contribution in [0, 0.1) is 11.8 Å². The van der Waals surface area contributed by atoms with Gasteiger partial charge >= 0.3 is 0 Å². The zero-order chi connectivity index (χ0) is 16.8. The average molecular weight is 319 g/mol. The minimum atomic E-state index is -0.205. The summed E-state index contributed by atoms with van der Waals surface area (Å²) in [6.45, 7) is 2.33. The summed E-state index contributed by atoms with van der Waals surface area (Å²) < 4.78 is 5.60. The van der Waals surface area contributed by atoms with E-state index in [2.05, 4.69) is 27.4 Å². The highest BCUT2D eigenvalue weighted by atomic mass is 16.5. The standard InChI is InChI=1S/C19H17N3O2/c1-2-3-7-12-24-15-10-11-17-16(13-15)18(22-21-17)20-19(23)14-8-5-4-6-9-14/h4-6,8-11,13H,2,12H2,1H3,(H2,20,21,22,23). The summed E-state index contributed by atoms with van der Waals surface area (Å²) in [6, 6.07) is 14.6. The summed E-state index contributed by atoms with van der Waals surface area (Å²) in [6.07, 6.45) is 0.805. The fourth-order valence-corrected chi connectivity index (χ4v) is 2.24. The lowest BCUT2D eigenvalue weighted by atomic mass is 10.2. The van der Waals surface area contributed by atoms with Gasteiger partial charge in [0.05, 0.1) is 5.52 Å². The highest BCUT2D eigenvalue weighted by Gasteiger charge is 2.11. The maximum absolute atomic E-state index is 12.3. The van der Waals surface area contributed by atoms with Crippen molar-refractivity contribution < 1.29 is 9.53 Å². The largest absolute Gasteiger partial charge is 0.481 e. The molecule has 3 rings (SSSR count). The minimum Gasteiger partial charge on any atom is -0.481 e. The molecule has 0 fully saturated rings. The van der Waals surface area contributed by atoms with Gasteiger partial charge in [-0.2, -0.15) is 5.10 Å². The van der Waals surface area contributed by atoms with Gasteiger partial charge < -0.3 is 10.1 Å². The molecule has 2 aromatic carbocycles. The predicted octanol–water partition coefficient (Wildman–Crippen LogP) is 3.61. The molecule has 1 amide bonds. The molecule has 0 saturated heterocycles. The fraction of sp³-hybridized carbons (Fsp3) is 0.158. The van der Waals surface area contributed by atoms with E-state index in [0.29, 0.717) is 23.7 Å². The Balaban J connectivity index is 1.79. The van der Waals surface area contributed by atoms with Gasteiger partial charge in [0.15, 0.2) is 5.82 Å². The van der Waals surface area contributed by atoms with Crippen molar-refractivity contribution in [2.45, 2.75) is 13.3 Å². The average Bonchev–Trinajstić information content (AvgIpc) is 3.02. The molecule has 0 aliphatic heterocycles. The first-order valence-electron chi connectivity index (χ1n) is 7.71. The number of carbonyl (C=O) groups is 1. The molecule has 120 valence electrons. The molecule has 3 aromatic rings. The number of carbonyl (C=O) groups excluding carboxylic acids is 1. The van der Waals surface area contributed by atoms with Crippen LogP contribution in [0.25, 0.3) is 10.9 Å². The number of nitrogens with zero attached hydrogens (tertiary/aromatic N) is 1. The van der Waals surface area contributed by atoms with Crippen LogP contribution >= 0.6 is 0 Å². The number of amides is 1. The fourth-order valence-electron chi connectivity index (χ4n) is 2.24. The van der Waals surface area contributed by atoms with Crippen LogP contribution in [0.15, 0.2) is 48.5 Å². The van der Waals surface area contributed by atoms with E-state index in [1.807, 2.05) is 43.3 Å². The Kier molecular flexibility index (Phi) is 4.78. The summed E-state index contributed by atoms with van der Waals surface area (Å²) in [4.78, 5) is 12.3. The lowest BCUT2D eigenvalue weighted by Gasteiger charge is -2.04. The lowest BCUT2D eigenvalue weighted by Crippen LogP contribution is -2.12. The van der Waals surface area contributed by atoms with Crippen molar-refractivity contribution in [2.24, 2.45) is 0 Å².